The van der Waals surface area contributed by atoms with Gasteiger partial charge in [-0.15, -0.1) is 0 Å². The summed E-state index contributed by atoms with van der Waals surface area (Å²) in [6, 6.07) is 16.6. The highest BCUT2D eigenvalue weighted by molar-refractivity contribution is 5.77. The number of carbonyl (C=O) groups is 1. The number of aryl methyl sites for hydroxylation is 1. The van der Waals surface area contributed by atoms with Crippen molar-refractivity contribution >= 4 is 11.7 Å². The molecule has 0 aliphatic carbocycles. The number of benzene rings is 2. The van der Waals surface area contributed by atoms with Gasteiger partial charge in [0.25, 0.3) is 0 Å². The summed E-state index contributed by atoms with van der Waals surface area (Å²) in [5.74, 6) is -1.47. The van der Waals surface area contributed by atoms with E-state index < -0.39 is 11.9 Å². The molecule has 2 N–H and O–H groups in total. The Labute approximate surface area is 123 Å². The van der Waals surface area contributed by atoms with E-state index >= 15 is 0 Å². The molecule has 21 heavy (non-hydrogen) atoms. The number of hydrogen-bond acceptors (Lipinski definition) is 3. The molecule has 2 aromatic carbocycles. The molecule has 2 aromatic rings. The molecular weight excluding hydrogens is 264 g/mol. The van der Waals surface area contributed by atoms with E-state index in [4.69, 9.17) is 5.26 Å². The van der Waals surface area contributed by atoms with E-state index in [1.807, 2.05) is 43.3 Å². The lowest BCUT2D eigenvalue weighted by Gasteiger charge is -2.15. The minimum atomic E-state index is -0.862. The van der Waals surface area contributed by atoms with E-state index in [9.17, 15) is 9.90 Å². The summed E-state index contributed by atoms with van der Waals surface area (Å²) >= 11 is 0. The maximum absolute atomic E-state index is 11.4. The van der Waals surface area contributed by atoms with Crippen LogP contribution in [0.3, 0.4) is 0 Å². The molecule has 1 atom stereocenters. The smallest absolute Gasteiger partial charge is 0.312 e. The first-order valence-electron chi connectivity index (χ1n) is 6.64. The Kier molecular flexibility index (Phi) is 4.57. The zero-order valence-electron chi connectivity index (χ0n) is 11.7. The molecule has 0 aliphatic rings. The van der Waals surface area contributed by atoms with Crippen LogP contribution in [-0.4, -0.2) is 17.6 Å². The highest BCUT2D eigenvalue weighted by Crippen LogP contribution is 2.19. The standard InChI is InChI=1S/C17H16N2O2/c1-12-9-15(8-7-14(12)10-18)19-11-16(17(20)21)13-5-3-2-4-6-13/h2-9,16,19H,11H2,1H3,(H,20,21). The first-order valence-corrected chi connectivity index (χ1v) is 6.64. The minimum absolute atomic E-state index is 0.296. The van der Waals surface area contributed by atoms with Crippen molar-refractivity contribution < 1.29 is 9.90 Å². The third kappa shape index (κ3) is 3.61. The number of rotatable bonds is 5. The molecule has 4 nitrogen and oxygen atoms in total. The van der Waals surface area contributed by atoms with Gasteiger partial charge in [0.2, 0.25) is 0 Å². The number of nitrogens with one attached hydrogen (secondary N) is 1. The van der Waals surface area contributed by atoms with E-state index in [1.165, 1.54) is 0 Å². The summed E-state index contributed by atoms with van der Waals surface area (Å²) in [7, 11) is 0. The van der Waals surface area contributed by atoms with Crippen LogP contribution in [0.25, 0.3) is 0 Å². The van der Waals surface area contributed by atoms with Crippen LogP contribution in [0.2, 0.25) is 0 Å². The Morgan fingerprint density at radius 2 is 2.00 bits per heavy atom. The van der Waals surface area contributed by atoms with Crippen LogP contribution in [0.4, 0.5) is 5.69 Å². The monoisotopic (exact) mass is 280 g/mol. The average molecular weight is 280 g/mol. The van der Waals surface area contributed by atoms with Crippen LogP contribution in [0, 0.1) is 18.3 Å². The predicted octanol–water partition coefficient (Wildman–Crippen LogP) is 3.15. The number of carboxylic acids is 1. The van der Waals surface area contributed by atoms with Crippen LogP contribution in [-0.2, 0) is 4.79 Å². The van der Waals surface area contributed by atoms with Crippen molar-refractivity contribution in [3.63, 3.8) is 0 Å². The van der Waals surface area contributed by atoms with E-state index in [0.717, 1.165) is 16.8 Å². The Morgan fingerprint density at radius 3 is 2.57 bits per heavy atom. The first-order chi connectivity index (χ1) is 10.1. The summed E-state index contributed by atoms with van der Waals surface area (Å²) in [4.78, 5) is 11.4. The van der Waals surface area contributed by atoms with Gasteiger partial charge in [-0.3, -0.25) is 4.79 Å². The number of carboxylic acid groups (broad SMARTS) is 1. The molecule has 2 rings (SSSR count). The van der Waals surface area contributed by atoms with E-state index in [2.05, 4.69) is 11.4 Å². The Bertz CT molecular complexity index is 675. The molecule has 0 aromatic heterocycles. The van der Waals surface area contributed by atoms with Crippen molar-refractivity contribution in [1.29, 1.82) is 5.26 Å². The van der Waals surface area contributed by atoms with Crippen LogP contribution in [0.1, 0.15) is 22.6 Å². The van der Waals surface area contributed by atoms with Crippen molar-refractivity contribution in [3.8, 4) is 6.07 Å². The van der Waals surface area contributed by atoms with Gasteiger partial charge in [0.1, 0.15) is 0 Å². The molecule has 0 saturated heterocycles. The second-order valence-electron chi connectivity index (χ2n) is 4.82. The summed E-state index contributed by atoms with van der Waals surface area (Å²) < 4.78 is 0. The van der Waals surface area contributed by atoms with Crippen molar-refractivity contribution in [2.24, 2.45) is 0 Å². The Hall–Kier alpha value is -2.80. The molecule has 0 spiro atoms. The summed E-state index contributed by atoms with van der Waals surface area (Å²) in [5.41, 5.74) is 3.07. The molecular formula is C17H16N2O2. The van der Waals surface area contributed by atoms with E-state index in [0.29, 0.717) is 12.1 Å². The summed E-state index contributed by atoms with van der Waals surface area (Å²) in [6.07, 6.45) is 0. The topological polar surface area (TPSA) is 73.1 Å². The molecule has 0 bridgehead atoms. The van der Waals surface area contributed by atoms with Crippen molar-refractivity contribution in [1.82, 2.24) is 0 Å². The Morgan fingerprint density at radius 1 is 1.29 bits per heavy atom. The molecule has 0 amide bonds. The van der Waals surface area contributed by atoms with Gasteiger partial charge in [-0.05, 0) is 36.2 Å². The number of aliphatic carboxylic acids is 1. The van der Waals surface area contributed by atoms with Gasteiger partial charge in [0, 0.05) is 12.2 Å². The molecule has 1 unspecified atom stereocenters. The molecule has 0 aliphatic heterocycles. The number of anilines is 1. The average Bonchev–Trinajstić information content (AvgIpc) is 2.48. The fourth-order valence-electron chi connectivity index (χ4n) is 2.15. The lowest BCUT2D eigenvalue weighted by molar-refractivity contribution is -0.138. The van der Waals surface area contributed by atoms with Crippen LogP contribution < -0.4 is 5.32 Å². The van der Waals surface area contributed by atoms with Crippen molar-refractivity contribution in [3.05, 3.63) is 65.2 Å². The van der Waals surface area contributed by atoms with E-state index in [-0.39, 0.29) is 0 Å². The number of hydrogen-bond donors (Lipinski definition) is 2. The third-order valence-electron chi connectivity index (χ3n) is 3.36. The quantitative estimate of drug-likeness (QED) is 0.882. The van der Waals surface area contributed by atoms with Gasteiger partial charge in [-0.1, -0.05) is 30.3 Å². The normalized spacial score (nSPS) is 11.4. The fourth-order valence-corrected chi connectivity index (χ4v) is 2.15. The summed E-state index contributed by atoms with van der Waals surface area (Å²) in [5, 5.41) is 21.4. The highest BCUT2D eigenvalue weighted by Gasteiger charge is 2.19. The highest BCUT2D eigenvalue weighted by atomic mass is 16.4. The third-order valence-corrected chi connectivity index (χ3v) is 3.36. The van der Waals surface area contributed by atoms with Gasteiger partial charge in [-0.25, -0.2) is 0 Å². The number of nitrogens with zero attached hydrogens (tertiary/aromatic N) is 1. The second kappa shape index (κ2) is 6.58. The largest absolute Gasteiger partial charge is 0.481 e. The van der Waals surface area contributed by atoms with E-state index in [1.54, 1.807) is 12.1 Å². The Balaban J connectivity index is 2.11. The van der Waals surface area contributed by atoms with Gasteiger partial charge >= 0.3 is 5.97 Å². The van der Waals surface area contributed by atoms with Crippen molar-refractivity contribution in [2.75, 3.05) is 11.9 Å². The minimum Gasteiger partial charge on any atom is -0.481 e. The van der Waals surface area contributed by atoms with Crippen LogP contribution in [0.5, 0.6) is 0 Å². The fraction of sp³-hybridized carbons (Fsp3) is 0.176. The molecule has 0 fully saturated rings. The SMILES string of the molecule is Cc1cc(NCC(C(=O)O)c2ccccc2)ccc1C#N. The molecule has 0 radical (unpaired) electrons. The molecule has 106 valence electrons. The van der Waals surface area contributed by atoms with Crippen molar-refractivity contribution in [2.45, 2.75) is 12.8 Å². The van der Waals surface area contributed by atoms with Gasteiger partial charge in [0.05, 0.1) is 17.6 Å². The molecule has 0 saturated carbocycles. The maximum Gasteiger partial charge on any atom is 0.312 e. The van der Waals surface area contributed by atoms with Gasteiger partial charge in [-0.2, -0.15) is 5.26 Å². The second-order valence-corrected chi connectivity index (χ2v) is 4.82. The number of nitriles is 1. The van der Waals surface area contributed by atoms with Crippen LogP contribution in [0.15, 0.2) is 48.5 Å². The summed E-state index contributed by atoms with van der Waals surface area (Å²) in [6.45, 7) is 2.15. The first kappa shape index (κ1) is 14.6. The molecule has 0 heterocycles. The van der Waals surface area contributed by atoms with Gasteiger partial charge in [0.15, 0.2) is 0 Å². The van der Waals surface area contributed by atoms with Gasteiger partial charge < -0.3 is 10.4 Å². The lowest BCUT2D eigenvalue weighted by atomic mass is 9.99. The predicted molar refractivity (Wildman–Crippen MR) is 81.2 cm³/mol. The lowest BCUT2D eigenvalue weighted by Crippen LogP contribution is -2.20. The molecule has 4 heteroatoms. The maximum atomic E-state index is 11.4. The zero-order chi connectivity index (χ0) is 15.2. The van der Waals surface area contributed by atoms with Crippen LogP contribution >= 0.6 is 0 Å². The zero-order valence-corrected chi connectivity index (χ0v) is 11.7.